The highest BCUT2D eigenvalue weighted by atomic mass is 16.5. The van der Waals surface area contributed by atoms with E-state index in [1.807, 2.05) is 54.6 Å². The summed E-state index contributed by atoms with van der Waals surface area (Å²) >= 11 is 0. The zero-order chi connectivity index (χ0) is 19.0. The number of carbonyl (C=O) groups is 2. The Morgan fingerprint density at radius 1 is 0.923 bits per heavy atom. The van der Waals surface area contributed by atoms with Crippen molar-refractivity contribution in [2.45, 2.75) is 26.8 Å². The smallest absolute Gasteiger partial charge is 0.235 e. The minimum atomic E-state index is -1.14. The van der Waals surface area contributed by atoms with Crippen LogP contribution in [-0.4, -0.2) is 25.5 Å². The second kappa shape index (κ2) is 9.04. The molecule has 0 heterocycles. The lowest BCUT2D eigenvalue weighted by atomic mass is 9.91. The summed E-state index contributed by atoms with van der Waals surface area (Å²) in [6.07, 6.45) is 0.636. The summed E-state index contributed by atoms with van der Waals surface area (Å²) < 4.78 is 5.31. The van der Waals surface area contributed by atoms with Crippen molar-refractivity contribution in [2.75, 3.05) is 13.7 Å². The first-order valence-corrected chi connectivity index (χ1v) is 8.67. The molecular formula is C21H26N2O3. The number of amides is 2. The Kier molecular flexibility index (Phi) is 6.78. The van der Waals surface area contributed by atoms with E-state index in [0.717, 1.165) is 16.9 Å². The number of methoxy groups -OCH3 is 1. The van der Waals surface area contributed by atoms with E-state index in [2.05, 4.69) is 10.6 Å². The third-order valence-corrected chi connectivity index (χ3v) is 4.30. The van der Waals surface area contributed by atoms with Crippen LogP contribution in [-0.2, 0) is 22.6 Å². The Hall–Kier alpha value is -2.82. The standard InChI is InChI=1S/C21H26N2O3/c1-21(2,20(25)23-15-16-9-5-4-6-10-16)19(24)22-14-13-17-11-7-8-12-18(17)26-3/h4-12H,13-15H2,1-3H3,(H,22,24)(H,23,25). The first kappa shape index (κ1) is 19.5. The Morgan fingerprint density at radius 2 is 1.54 bits per heavy atom. The molecule has 2 aromatic carbocycles. The van der Waals surface area contributed by atoms with Gasteiger partial charge in [-0.3, -0.25) is 9.59 Å². The van der Waals surface area contributed by atoms with Gasteiger partial charge in [0.25, 0.3) is 0 Å². The highest BCUT2D eigenvalue weighted by Crippen LogP contribution is 2.18. The first-order valence-electron chi connectivity index (χ1n) is 8.67. The van der Waals surface area contributed by atoms with Gasteiger partial charge in [0.15, 0.2) is 0 Å². The zero-order valence-electron chi connectivity index (χ0n) is 15.5. The Balaban J connectivity index is 1.85. The van der Waals surface area contributed by atoms with Crippen LogP contribution >= 0.6 is 0 Å². The molecule has 2 amide bonds. The number of carbonyl (C=O) groups excluding carboxylic acids is 2. The van der Waals surface area contributed by atoms with Gasteiger partial charge >= 0.3 is 0 Å². The van der Waals surface area contributed by atoms with E-state index >= 15 is 0 Å². The molecule has 0 aliphatic carbocycles. The summed E-state index contributed by atoms with van der Waals surface area (Å²) in [5.74, 6) is 0.204. The number of para-hydroxylation sites is 1. The van der Waals surface area contributed by atoms with Crippen molar-refractivity contribution in [1.82, 2.24) is 10.6 Å². The summed E-state index contributed by atoms with van der Waals surface area (Å²) in [6.45, 7) is 4.10. The molecule has 26 heavy (non-hydrogen) atoms. The van der Waals surface area contributed by atoms with Gasteiger partial charge in [-0.25, -0.2) is 0 Å². The van der Waals surface area contributed by atoms with E-state index in [-0.39, 0.29) is 11.8 Å². The number of rotatable bonds is 8. The predicted molar refractivity (Wildman–Crippen MR) is 102 cm³/mol. The maximum Gasteiger partial charge on any atom is 0.235 e. The minimum absolute atomic E-state index is 0.294. The summed E-state index contributed by atoms with van der Waals surface area (Å²) in [4.78, 5) is 24.9. The minimum Gasteiger partial charge on any atom is -0.496 e. The number of hydrogen-bond donors (Lipinski definition) is 2. The second-order valence-corrected chi connectivity index (χ2v) is 6.61. The summed E-state index contributed by atoms with van der Waals surface area (Å²) in [6, 6.07) is 17.3. The molecule has 0 spiro atoms. The number of nitrogens with one attached hydrogen (secondary N) is 2. The van der Waals surface area contributed by atoms with Crippen molar-refractivity contribution >= 4 is 11.8 Å². The molecule has 0 unspecified atom stereocenters. The molecule has 138 valence electrons. The lowest BCUT2D eigenvalue weighted by Crippen LogP contribution is -2.48. The topological polar surface area (TPSA) is 67.4 Å². The molecule has 2 aromatic rings. The van der Waals surface area contributed by atoms with Crippen LogP contribution in [0.4, 0.5) is 0 Å². The van der Waals surface area contributed by atoms with Crippen LogP contribution in [0, 0.1) is 5.41 Å². The van der Waals surface area contributed by atoms with E-state index in [4.69, 9.17) is 4.74 Å². The first-order chi connectivity index (χ1) is 12.4. The predicted octanol–water partition coefficient (Wildman–Crippen LogP) is 2.70. The fraction of sp³-hybridized carbons (Fsp3) is 0.333. The molecule has 2 rings (SSSR count). The fourth-order valence-electron chi connectivity index (χ4n) is 2.54. The maximum absolute atomic E-state index is 12.5. The molecule has 0 radical (unpaired) electrons. The molecule has 0 aliphatic heterocycles. The molecule has 0 aliphatic rings. The normalized spacial score (nSPS) is 10.9. The summed E-state index contributed by atoms with van der Waals surface area (Å²) in [7, 11) is 1.62. The van der Waals surface area contributed by atoms with Gasteiger partial charge < -0.3 is 15.4 Å². The third-order valence-electron chi connectivity index (χ3n) is 4.30. The molecule has 0 bridgehead atoms. The van der Waals surface area contributed by atoms with E-state index in [0.29, 0.717) is 19.5 Å². The average molecular weight is 354 g/mol. The van der Waals surface area contributed by atoms with Crippen LogP contribution in [0.25, 0.3) is 0 Å². The highest BCUT2D eigenvalue weighted by molar-refractivity contribution is 6.04. The zero-order valence-corrected chi connectivity index (χ0v) is 15.5. The summed E-state index contributed by atoms with van der Waals surface area (Å²) in [5.41, 5.74) is 0.866. The molecule has 0 fully saturated rings. The molecule has 5 heteroatoms. The van der Waals surface area contributed by atoms with Gasteiger partial charge in [-0.05, 0) is 37.5 Å². The molecule has 0 aromatic heterocycles. The van der Waals surface area contributed by atoms with Crippen molar-refractivity contribution in [1.29, 1.82) is 0 Å². The van der Waals surface area contributed by atoms with Gasteiger partial charge in [-0.15, -0.1) is 0 Å². The monoisotopic (exact) mass is 354 g/mol. The SMILES string of the molecule is COc1ccccc1CCNC(=O)C(C)(C)C(=O)NCc1ccccc1. The summed E-state index contributed by atoms with van der Waals surface area (Å²) in [5, 5.41) is 5.67. The van der Waals surface area contributed by atoms with E-state index < -0.39 is 5.41 Å². The molecular weight excluding hydrogens is 328 g/mol. The largest absolute Gasteiger partial charge is 0.496 e. The lowest BCUT2D eigenvalue weighted by Gasteiger charge is -2.23. The number of ether oxygens (including phenoxy) is 1. The van der Waals surface area contributed by atoms with Crippen LogP contribution in [0.5, 0.6) is 5.75 Å². The van der Waals surface area contributed by atoms with Gasteiger partial charge in [0.1, 0.15) is 11.2 Å². The molecule has 2 N–H and O–H groups in total. The van der Waals surface area contributed by atoms with Crippen LogP contribution in [0.15, 0.2) is 54.6 Å². The highest BCUT2D eigenvalue weighted by Gasteiger charge is 2.35. The van der Waals surface area contributed by atoms with Crippen LogP contribution in [0.3, 0.4) is 0 Å². The lowest BCUT2D eigenvalue weighted by molar-refractivity contribution is -0.141. The van der Waals surface area contributed by atoms with E-state index in [1.54, 1.807) is 21.0 Å². The molecule has 0 atom stereocenters. The van der Waals surface area contributed by atoms with Crippen molar-refractivity contribution in [3.63, 3.8) is 0 Å². The van der Waals surface area contributed by atoms with Crippen molar-refractivity contribution in [3.05, 3.63) is 65.7 Å². The second-order valence-electron chi connectivity index (χ2n) is 6.61. The van der Waals surface area contributed by atoms with Gasteiger partial charge in [0.05, 0.1) is 7.11 Å². The Bertz CT molecular complexity index is 742. The van der Waals surface area contributed by atoms with Crippen LogP contribution < -0.4 is 15.4 Å². The van der Waals surface area contributed by atoms with Crippen molar-refractivity contribution in [2.24, 2.45) is 5.41 Å². The molecule has 5 nitrogen and oxygen atoms in total. The third kappa shape index (κ3) is 5.09. The molecule has 0 saturated carbocycles. The Morgan fingerprint density at radius 3 is 2.23 bits per heavy atom. The number of benzene rings is 2. The maximum atomic E-state index is 12.5. The number of hydrogen-bond acceptors (Lipinski definition) is 3. The van der Waals surface area contributed by atoms with Gasteiger partial charge in [-0.2, -0.15) is 0 Å². The van der Waals surface area contributed by atoms with E-state index in [9.17, 15) is 9.59 Å². The van der Waals surface area contributed by atoms with Crippen LogP contribution in [0.1, 0.15) is 25.0 Å². The van der Waals surface area contributed by atoms with Gasteiger partial charge in [0.2, 0.25) is 11.8 Å². The fourth-order valence-corrected chi connectivity index (χ4v) is 2.54. The average Bonchev–Trinajstić information content (AvgIpc) is 2.67. The molecule has 0 saturated heterocycles. The van der Waals surface area contributed by atoms with Gasteiger partial charge in [-0.1, -0.05) is 48.5 Å². The van der Waals surface area contributed by atoms with Gasteiger partial charge in [0, 0.05) is 13.1 Å². The quantitative estimate of drug-likeness (QED) is 0.716. The van der Waals surface area contributed by atoms with E-state index in [1.165, 1.54) is 0 Å². The Labute approximate surface area is 154 Å². The van der Waals surface area contributed by atoms with Crippen LogP contribution in [0.2, 0.25) is 0 Å². The van der Waals surface area contributed by atoms with Crippen molar-refractivity contribution in [3.8, 4) is 5.75 Å². The van der Waals surface area contributed by atoms with Crippen molar-refractivity contribution < 1.29 is 14.3 Å².